The van der Waals surface area contributed by atoms with Gasteiger partial charge in [0.15, 0.2) is 0 Å². The predicted octanol–water partition coefficient (Wildman–Crippen LogP) is 4.46. The summed E-state index contributed by atoms with van der Waals surface area (Å²) in [7, 11) is -3.81. The molecule has 7 heteroatoms. The summed E-state index contributed by atoms with van der Waals surface area (Å²) in [5, 5.41) is 0.130. The molecule has 0 atom stereocenters. The van der Waals surface area contributed by atoms with Crippen LogP contribution in [-0.4, -0.2) is 15.0 Å². The van der Waals surface area contributed by atoms with Gasteiger partial charge in [0.25, 0.3) is 10.0 Å². The topological polar surface area (TPSA) is 37.4 Å². The molecule has 112 valence electrons. The van der Waals surface area contributed by atoms with Gasteiger partial charge in [0, 0.05) is 11.0 Å². The van der Waals surface area contributed by atoms with E-state index in [1.165, 1.54) is 40.7 Å². The fourth-order valence-electron chi connectivity index (χ4n) is 1.90. The van der Waals surface area contributed by atoms with Crippen LogP contribution in [0.25, 0.3) is 0 Å². The van der Waals surface area contributed by atoms with Crippen molar-refractivity contribution in [3.05, 3.63) is 57.8 Å². The number of hydrogen-bond donors (Lipinski definition) is 0. The second kappa shape index (κ2) is 6.34. The van der Waals surface area contributed by atoms with Gasteiger partial charge in [-0.2, -0.15) is 0 Å². The smallest absolute Gasteiger partial charge is 0.265 e. The third-order valence-corrected chi connectivity index (χ3v) is 5.74. The molecule has 0 amide bonds. The highest BCUT2D eigenvalue weighted by Gasteiger charge is 2.26. The summed E-state index contributed by atoms with van der Waals surface area (Å²) in [6.07, 6.45) is 0. The Balaban J connectivity index is 2.51. The first-order valence-corrected chi connectivity index (χ1v) is 8.70. The van der Waals surface area contributed by atoms with E-state index in [1.54, 1.807) is 13.0 Å². The van der Waals surface area contributed by atoms with Crippen LogP contribution in [-0.2, 0) is 10.0 Å². The number of nitrogens with zero attached hydrogens (tertiary/aromatic N) is 1. The average molecular weight is 393 g/mol. The SMILES string of the molecule is CCN(c1ccc(F)cc1)S(=O)(=O)c1ccc(Br)cc1Cl. The normalized spacial score (nSPS) is 11.4. The zero-order valence-corrected chi connectivity index (χ0v) is 14.2. The quantitative estimate of drug-likeness (QED) is 0.770. The molecule has 21 heavy (non-hydrogen) atoms. The summed E-state index contributed by atoms with van der Waals surface area (Å²) >= 11 is 9.27. The number of benzene rings is 2. The number of anilines is 1. The lowest BCUT2D eigenvalue weighted by Gasteiger charge is -2.23. The maximum absolute atomic E-state index is 13.0. The highest BCUT2D eigenvalue weighted by molar-refractivity contribution is 9.10. The highest BCUT2D eigenvalue weighted by atomic mass is 79.9. The molecular formula is C14H12BrClFNO2S. The van der Waals surface area contributed by atoms with Crippen LogP contribution in [0.15, 0.2) is 51.8 Å². The van der Waals surface area contributed by atoms with Crippen LogP contribution in [0.2, 0.25) is 5.02 Å². The molecule has 0 radical (unpaired) electrons. The number of hydrogen-bond acceptors (Lipinski definition) is 2. The van der Waals surface area contributed by atoms with Crippen LogP contribution < -0.4 is 4.31 Å². The van der Waals surface area contributed by atoms with Crippen molar-refractivity contribution in [1.82, 2.24) is 0 Å². The first-order chi connectivity index (χ1) is 9.86. The van der Waals surface area contributed by atoms with Crippen LogP contribution in [0.1, 0.15) is 6.92 Å². The van der Waals surface area contributed by atoms with Gasteiger partial charge in [0.2, 0.25) is 0 Å². The minimum absolute atomic E-state index is 0.0125. The van der Waals surface area contributed by atoms with E-state index in [9.17, 15) is 12.8 Å². The molecule has 0 spiro atoms. The maximum Gasteiger partial charge on any atom is 0.265 e. The Morgan fingerprint density at radius 2 is 1.81 bits per heavy atom. The Bertz CT molecular complexity index is 750. The number of halogens is 3. The molecule has 2 rings (SSSR count). The van der Waals surface area contributed by atoms with Gasteiger partial charge in [-0.25, -0.2) is 12.8 Å². The van der Waals surface area contributed by atoms with Crippen LogP contribution >= 0.6 is 27.5 Å². The molecule has 0 saturated carbocycles. The molecule has 0 saturated heterocycles. The van der Waals surface area contributed by atoms with Crippen molar-refractivity contribution in [3.8, 4) is 0 Å². The third-order valence-electron chi connectivity index (χ3n) is 2.86. The van der Waals surface area contributed by atoms with Gasteiger partial charge in [-0.3, -0.25) is 4.31 Å². The van der Waals surface area contributed by atoms with Crippen molar-refractivity contribution in [2.75, 3.05) is 10.8 Å². The zero-order chi connectivity index (χ0) is 15.6. The average Bonchev–Trinajstić information content (AvgIpc) is 2.41. The fraction of sp³-hybridized carbons (Fsp3) is 0.143. The molecule has 0 unspecified atom stereocenters. The van der Waals surface area contributed by atoms with Crippen molar-refractivity contribution in [1.29, 1.82) is 0 Å². The van der Waals surface area contributed by atoms with Gasteiger partial charge in [-0.1, -0.05) is 27.5 Å². The van der Waals surface area contributed by atoms with Crippen molar-refractivity contribution in [2.45, 2.75) is 11.8 Å². The van der Waals surface area contributed by atoms with Gasteiger partial charge in [0.05, 0.1) is 10.7 Å². The lowest BCUT2D eigenvalue weighted by atomic mass is 10.3. The highest BCUT2D eigenvalue weighted by Crippen LogP contribution is 2.30. The second-order valence-corrected chi connectivity index (χ2v) is 7.37. The monoisotopic (exact) mass is 391 g/mol. The van der Waals surface area contributed by atoms with E-state index in [0.29, 0.717) is 10.2 Å². The maximum atomic E-state index is 13.0. The van der Waals surface area contributed by atoms with E-state index in [1.807, 2.05) is 0 Å². The summed E-state index contributed by atoms with van der Waals surface area (Å²) in [5.41, 5.74) is 0.387. The van der Waals surface area contributed by atoms with Gasteiger partial charge in [-0.05, 0) is 49.4 Å². The van der Waals surface area contributed by atoms with E-state index < -0.39 is 15.8 Å². The van der Waals surface area contributed by atoms with Crippen LogP contribution in [0.3, 0.4) is 0 Å². The summed E-state index contributed by atoms with van der Waals surface area (Å²) in [6.45, 7) is 1.91. The van der Waals surface area contributed by atoms with Crippen molar-refractivity contribution >= 4 is 43.2 Å². The largest absolute Gasteiger partial charge is 0.267 e. The molecule has 3 nitrogen and oxygen atoms in total. The van der Waals surface area contributed by atoms with Crippen molar-refractivity contribution in [2.24, 2.45) is 0 Å². The third kappa shape index (κ3) is 3.39. The fourth-order valence-corrected chi connectivity index (χ4v) is 4.39. The lowest BCUT2D eigenvalue weighted by molar-refractivity contribution is 0.591. The van der Waals surface area contributed by atoms with E-state index in [0.717, 1.165) is 0 Å². The molecule has 2 aromatic carbocycles. The van der Waals surface area contributed by atoms with Gasteiger partial charge < -0.3 is 0 Å². The molecule has 2 aromatic rings. The van der Waals surface area contributed by atoms with Gasteiger partial charge in [0.1, 0.15) is 10.7 Å². The second-order valence-electron chi connectivity index (χ2n) is 4.22. The summed E-state index contributed by atoms with van der Waals surface area (Å²) < 4.78 is 40.3. The Hall–Kier alpha value is -1.11. The van der Waals surface area contributed by atoms with E-state index in [-0.39, 0.29) is 16.5 Å². The van der Waals surface area contributed by atoms with E-state index >= 15 is 0 Å². The summed E-state index contributed by atoms with van der Waals surface area (Å²) in [6, 6.07) is 9.85. The Morgan fingerprint density at radius 1 is 1.19 bits per heavy atom. The molecule has 0 bridgehead atoms. The standard InChI is InChI=1S/C14H12BrClFNO2S/c1-2-18(12-6-4-11(17)5-7-12)21(19,20)14-8-3-10(15)9-13(14)16/h3-9H,2H2,1H3. The molecule has 0 aliphatic carbocycles. The Morgan fingerprint density at radius 3 is 2.33 bits per heavy atom. The van der Waals surface area contributed by atoms with Crippen LogP contribution in [0.4, 0.5) is 10.1 Å². The Labute approximate surface area is 136 Å². The minimum Gasteiger partial charge on any atom is -0.267 e. The first-order valence-electron chi connectivity index (χ1n) is 6.09. The molecule has 0 aliphatic rings. The van der Waals surface area contributed by atoms with E-state index in [2.05, 4.69) is 15.9 Å². The predicted molar refractivity (Wildman–Crippen MR) is 85.8 cm³/mol. The minimum atomic E-state index is -3.81. The molecule has 0 heterocycles. The summed E-state index contributed by atoms with van der Waals surface area (Å²) in [4.78, 5) is 0.0125. The lowest BCUT2D eigenvalue weighted by Crippen LogP contribution is -2.31. The van der Waals surface area contributed by atoms with Crippen LogP contribution in [0.5, 0.6) is 0 Å². The zero-order valence-electron chi connectivity index (χ0n) is 11.1. The van der Waals surface area contributed by atoms with E-state index in [4.69, 9.17) is 11.6 Å². The van der Waals surface area contributed by atoms with Gasteiger partial charge in [-0.15, -0.1) is 0 Å². The number of sulfonamides is 1. The molecule has 0 N–H and O–H groups in total. The molecule has 0 aromatic heterocycles. The Kier molecular flexibility index (Phi) is 4.91. The van der Waals surface area contributed by atoms with Crippen LogP contribution in [0, 0.1) is 5.82 Å². The van der Waals surface area contributed by atoms with Crippen molar-refractivity contribution < 1.29 is 12.8 Å². The summed E-state index contributed by atoms with van der Waals surface area (Å²) in [5.74, 6) is -0.422. The number of rotatable bonds is 4. The van der Waals surface area contributed by atoms with Gasteiger partial charge >= 0.3 is 0 Å². The van der Waals surface area contributed by atoms with Crippen molar-refractivity contribution in [3.63, 3.8) is 0 Å². The molecular weight excluding hydrogens is 381 g/mol. The molecule has 0 fully saturated rings. The molecule has 0 aliphatic heterocycles. The first kappa shape index (κ1) is 16.3.